The van der Waals surface area contributed by atoms with Crippen LogP contribution in [0, 0.1) is 0 Å². The van der Waals surface area contributed by atoms with Gasteiger partial charge in [0.05, 0.1) is 6.10 Å². The first kappa shape index (κ1) is 16.5. The summed E-state index contributed by atoms with van der Waals surface area (Å²) in [7, 11) is 0. The summed E-state index contributed by atoms with van der Waals surface area (Å²) in [5.41, 5.74) is 0. The smallest absolute Gasteiger partial charge is 1.00 e. The van der Waals surface area contributed by atoms with Crippen LogP contribution in [-0.4, -0.2) is 45.5 Å². The molecule has 0 saturated heterocycles. The van der Waals surface area contributed by atoms with Crippen molar-refractivity contribution in [2.45, 2.75) is 6.10 Å². The molecule has 5 heteroatoms. The molecule has 0 rings (SSSR count). The Balaban J connectivity index is -0.0000000208. The molecular formula is C3H9Br2ClMgO. The van der Waals surface area contributed by atoms with Gasteiger partial charge in [-0.1, -0.05) is 15.9 Å². The van der Waals surface area contributed by atoms with E-state index in [9.17, 15) is 0 Å². The van der Waals surface area contributed by atoms with Gasteiger partial charge in [-0.2, -0.15) is 0 Å². The first-order valence-electron chi connectivity index (χ1n) is 1.61. The van der Waals surface area contributed by atoms with E-state index in [1.54, 1.807) is 0 Å². The molecule has 0 saturated carbocycles. The van der Waals surface area contributed by atoms with Crippen LogP contribution >= 0.6 is 44.5 Å². The summed E-state index contributed by atoms with van der Waals surface area (Å²) < 4.78 is 0. The third kappa shape index (κ3) is 10.9. The summed E-state index contributed by atoms with van der Waals surface area (Å²) in [6.45, 7) is 0. The van der Waals surface area contributed by atoms with E-state index in [1.165, 1.54) is 0 Å². The van der Waals surface area contributed by atoms with Gasteiger partial charge in [0.2, 0.25) is 0 Å². The fourth-order valence-corrected chi connectivity index (χ4v) is 0.643. The molecule has 0 aliphatic heterocycles. The Hall–Kier alpha value is 1.98. The van der Waals surface area contributed by atoms with Crippen molar-refractivity contribution in [1.29, 1.82) is 0 Å². The van der Waals surface area contributed by atoms with E-state index in [0.717, 1.165) is 0 Å². The number of aliphatic hydroxyl groups is 1. The van der Waals surface area contributed by atoms with Gasteiger partial charge in [0.15, 0.2) is 0 Å². The Bertz CT molecular complexity index is 43.7. The van der Waals surface area contributed by atoms with Gasteiger partial charge >= 0.3 is 23.1 Å². The van der Waals surface area contributed by atoms with Gasteiger partial charge in [0, 0.05) is 11.2 Å². The number of halogens is 3. The van der Waals surface area contributed by atoms with E-state index in [-0.39, 0.29) is 49.0 Å². The maximum atomic E-state index is 8.49. The molecule has 0 radical (unpaired) electrons. The van der Waals surface area contributed by atoms with Crippen molar-refractivity contribution in [2.75, 3.05) is 11.2 Å². The number of alkyl halides is 2. The van der Waals surface area contributed by atoms with Gasteiger partial charge in [-0.15, -0.1) is 28.6 Å². The van der Waals surface area contributed by atoms with Gasteiger partial charge in [0.1, 0.15) is 0 Å². The zero-order chi connectivity index (χ0) is 4.99. The monoisotopic (exact) mass is 278 g/mol. The first-order chi connectivity index (χ1) is 2.81. The zero-order valence-electron chi connectivity index (χ0n) is 6.31. The third-order valence-corrected chi connectivity index (χ3v) is 1.46. The van der Waals surface area contributed by atoms with Crippen LogP contribution in [-0.2, 0) is 0 Å². The SMILES string of the molecule is Br.OC(CCl)CBr.[H-].[H-].[Mg+2]. The van der Waals surface area contributed by atoms with Crippen molar-refractivity contribution in [3.05, 3.63) is 0 Å². The molecule has 0 aromatic rings. The van der Waals surface area contributed by atoms with Crippen molar-refractivity contribution in [3.8, 4) is 0 Å². The van der Waals surface area contributed by atoms with E-state index in [1.807, 2.05) is 0 Å². The van der Waals surface area contributed by atoms with Crippen LogP contribution in [0.25, 0.3) is 0 Å². The van der Waals surface area contributed by atoms with Crippen molar-refractivity contribution in [3.63, 3.8) is 0 Å². The van der Waals surface area contributed by atoms with Gasteiger partial charge in [-0.25, -0.2) is 0 Å². The summed E-state index contributed by atoms with van der Waals surface area (Å²) in [5.74, 6) is 0.311. The van der Waals surface area contributed by atoms with Gasteiger partial charge in [-0.3, -0.25) is 0 Å². The number of aliphatic hydroxyl groups excluding tert-OH is 1. The Morgan fingerprint density at radius 3 is 2.12 bits per heavy atom. The van der Waals surface area contributed by atoms with Crippen LogP contribution in [0.2, 0.25) is 0 Å². The van der Waals surface area contributed by atoms with E-state index in [0.29, 0.717) is 11.2 Å². The van der Waals surface area contributed by atoms with Crippen LogP contribution < -0.4 is 0 Å². The molecule has 1 N–H and O–H groups in total. The van der Waals surface area contributed by atoms with Crippen LogP contribution in [0.5, 0.6) is 0 Å². The minimum atomic E-state index is -0.383. The summed E-state index contributed by atoms with van der Waals surface area (Å²) in [4.78, 5) is 0. The molecule has 0 heterocycles. The molecule has 0 aliphatic carbocycles. The van der Waals surface area contributed by atoms with E-state index < -0.39 is 0 Å². The molecule has 0 fully saturated rings. The van der Waals surface area contributed by atoms with Gasteiger partial charge < -0.3 is 7.96 Å². The summed E-state index contributed by atoms with van der Waals surface area (Å²) in [6, 6.07) is 0. The molecule has 1 unspecified atom stereocenters. The predicted octanol–water partition coefficient (Wildman–Crippen LogP) is 1.40. The molecule has 0 bridgehead atoms. The number of rotatable bonds is 2. The zero-order valence-corrected chi connectivity index (χ0v) is 9.78. The summed E-state index contributed by atoms with van der Waals surface area (Å²) >= 11 is 8.21. The van der Waals surface area contributed by atoms with Crippen LogP contribution in [0.15, 0.2) is 0 Å². The molecular weight excluding hydrogens is 272 g/mol. The average molecular weight is 281 g/mol. The minimum absolute atomic E-state index is 0. The second-order valence-electron chi connectivity index (χ2n) is 0.962. The van der Waals surface area contributed by atoms with Crippen molar-refractivity contribution in [1.82, 2.24) is 0 Å². The summed E-state index contributed by atoms with van der Waals surface area (Å²) in [5, 5.41) is 9.05. The third-order valence-electron chi connectivity index (χ3n) is 0.356. The molecule has 0 aromatic heterocycles. The quantitative estimate of drug-likeness (QED) is 0.599. The maximum absolute atomic E-state index is 8.49. The van der Waals surface area contributed by atoms with Crippen molar-refractivity contribution < 1.29 is 7.96 Å². The Morgan fingerprint density at radius 1 is 1.75 bits per heavy atom. The molecule has 0 aliphatic rings. The van der Waals surface area contributed by atoms with Crippen LogP contribution in [0.4, 0.5) is 0 Å². The maximum Gasteiger partial charge on any atom is 2.00 e. The van der Waals surface area contributed by atoms with Crippen molar-refractivity contribution >= 4 is 67.6 Å². The van der Waals surface area contributed by atoms with E-state index >= 15 is 0 Å². The minimum Gasteiger partial charge on any atom is -1.00 e. The van der Waals surface area contributed by atoms with E-state index in [2.05, 4.69) is 15.9 Å². The predicted molar refractivity (Wildman–Crippen MR) is 48.8 cm³/mol. The second kappa shape index (κ2) is 11.7. The molecule has 0 aromatic carbocycles. The molecule has 1 nitrogen and oxygen atoms in total. The second-order valence-corrected chi connectivity index (χ2v) is 1.92. The fraction of sp³-hybridized carbons (Fsp3) is 1.00. The molecule has 8 heavy (non-hydrogen) atoms. The fourth-order valence-electron chi connectivity index (χ4n) is 0.0412. The Morgan fingerprint density at radius 2 is 2.12 bits per heavy atom. The largest absolute Gasteiger partial charge is 2.00 e. The Kier molecular flexibility index (Phi) is 24.2. The first-order valence-corrected chi connectivity index (χ1v) is 3.27. The van der Waals surface area contributed by atoms with E-state index in [4.69, 9.17) is 16.7 Å². The molecule has 1 atom stereocenters. The average Bonchev–Trinajstić information content (AvgIpc) is 1.65. The van der Waals surface area contributed by atoms with Gasteiger partial charge in [-0.05, 0) is 0 Å². The topological polar surface area (TPSA) is 20.2 Å². The van der Waals surface area contributed by atoms with Crippen molar-refractivity contribution in [2.24, 2.45) is 0 Å². The number of hydrogen-bond donors (Lipinski definition) is 1. The molecule has 0 spiro atoms. The van der Waals surface area contributed by atoms with Gasteiger partial charge in [0.25, 0.3) is 0 Å². The number of hydrogen-bond acceptors (Lipinski definition) is 1. The normalized spacial score (nSPS) is 10.9. The van der Waals surface area contributed by atoms with Crippen LogP contribution in [0.3, 0.4) is 0 Å². The standard InChI is InChI=1S/C3H6BrClO.BrH.Mg.2H/c4-1-3(6)2-5;;;;/h3,6H,1-2H2;1H;;;/q;;+2;2*-1. The van der Waals surface area contributed by atoms with Crippen LogP contribution in [0.1, 0.15) is 2.85 Å². The molecule has 50 valence electrons. The summed E-state index contributed by atoms with van der Waals surface area (Å²) in [6.07, 6.45) is -0.383. The molecule has 0 amide bonds. The Labute approximate surface area is 92.2 Å².